The van der Waals surface area contributed by atoms with Crippen molar-refractivity contribution in [1.82, 2.24) is 21.3 Å². The largest absolute Gasteiger partial charge is 0.457 e. The summed E-state index contributed by atoms with van der Waals surface area (Å²) in [5.41, 5.74) is 1.07. The first-order chi connectivity index (χ1) is 16.2. The van der Waals surface area contributed by atoms with Gasteiger partial charge in [-0.25, -0.2) is 4.79 Å². The van der Waals surface area contributed by atoms with Crippen LogP contribution in [0.5, 0.6) is 0 Å². The van der Waals surface area contributed by atoms with Gasteiger partial charge in [-0.05, 0) is 37.8 Å². The van der Waals surface area contributed by atoms with Crippen molar-refractivity contribution in [1.29, 1.82) is 0 Å². The smallest absolute Gasteiger partial charge is 0.329 e. The van der Waals surface area contributed by atoms with Gasteiger partial charge in [0.1, 0.15) is 12.1 Å². The molecule has 4 atom stereocenters. The highest BCUT2D eigenvalue weighted by atomic mass is 33.1. The maximum atomic E-state index is 13.3. The molecule has 1 saturated heterocycles. The second kappa shape index (κ2) is 14.9. The molecule has 9 heteroatoms. The van der Waals surface area contributed by atoms with Gasteiger partial charge in [-0.1, -0.05) is 68.0 Å². The van der Waals surface area contributed by atoms with E-state index in [9.17, 15) is 9.59 Å². The number of carbonyl (C=O) groups is 2. The van der Waals surface area contributed by atoms with Crippen molar-refractivity contribution in [2.45, 2.75) is 71.7 Å². The summed E-state index contributed by atoms with van der Waals surface area (Å²) in [5, 5.41) is 13.3. The summed E-state index contributed by atoms with van der Waals surface area (Å²) in [6, 6.07) is -0.738. The zero-order valence-corrected chi connectivity index (χ0v) is 22.8. The van der Waals surface area contributed by atoms with Gasteiger partial charge in [0.05, 0.1) is 17.4 Å². The van der Waals surface area contributed by atoms with Gasteiger partial charge in [-0.15, -0.1) is 0 Å². The van der Waals surface area contributed by atoms with Crippen molar-refractivity contribution < 1.29 is 14.3 Å². The first-order valence-electron chi connectivity index (χ1n) is 12.2. The Morgan fingerprint density at radius 2 is 1.91 bits per heavy atom. The summed E-state index contributed by atoms with van der Waals surface area (Å²) in [5.74, 6) is 1.52. The Morgan fingerprint density at radius 3 is 2.59 bits per heavy atom. The van der Waals surface area contributed by atoms with Gasteiger partial charge in [0.15, 0.2) is 0 Å². The molecule has 0 aromatic rings. The van der Waals surface area contributed by atoms with Crippen molar-refractivity contribution in [3.63, 3.8) is 0 Å². The molecule has 1 fully saturated rings. The van der Waals surface area contributed by atoms with E-state index in [1.165, 1.54) is 0 Å². The summed E-state index contributed by atoms with van der Waals surface area (Å²) in [6.45, 7) is 15.6. The minimum Gasteiger partial charge on any atom is -0.457 e. The lowest BCUT2D eigenvalue weighted by atomic mass is 10.0. The monoisotopic (exact) mass is 510 g/mol. The normalized spacial score (nSPS) is 31.0. The lowest BCUT2D eigenvalue weighted by Crippen LogP contribution is -2.52. The van der Waals surface area contributed by atoms with Crippen molar-refractivity contribution in [3.05, 3.63) is 36.2 Å². The van der Waals surface area contributed by atoms with E-state index in [4.69, 9.17) is 4.74 Å². The van der Waals surface area contributed by atoms with E-state index in [2.05, 4.69) is 47.8 Å². The number of ether oxygens (including phenoxy) is 1. The van der Waals surface area contributed by atoms with Crippen LogP contribution in [0.4, 0.5) is 0 Å². The Labute approximate surface area is 213 Å². The van der Waals surface area contributed by atoms with Crippen LogP contribution >= 0.6 is 21.6 Å². The van der Waals surface area contributed by atoms with Crippen LogP contribution < -0.4 is 21.3 Å². The molecule has 2 bridgehead atoms. The van der Waals surface area contributed by atoms with Gasteiger partial charge in [0, 0.05) is 30.5 Å². The highest BCUT2D eigenvalue weighted by molar-refractivity contribution is 8.76. The number of rotatable bonds is 2. The van der Waals surface area contributed by atoms with Gasteiger partial charge < -0.3 is 26.0 Å². The first-order valence-corrected chi connectivity index (χ1v) is 14.7. The molecule has 34 heavy (non-hydrogen) atoms. The Balaban J connectivity index is 2.43. The van der Waals surface area contributed by atoms with Crippen molar-refractivity contribution >= 4 is 33.5 Å². The molecule has 7 nitrogen and oxygen atoms in total. The summed E-state index contributed by atoms with van der Waals surface area (Å²) < 4.78 is 5.97. The topological polar surface area (TPSA) is 91.5 Å². The lowest BCUT2D eigenvalue weighted by Gasteiger charge is -2.29. The summed E-state index contributed by atoms with van der Waals surface area (Å²) >= 11 is 0. The molecule has 2 aliphatic rings. The highest BCUT2D eigenvalue weighted by Gasteiger charge is 2.29. The molecule has 4 N–H and O–H groups in total. The fourth-order valence-corrected chi connectivity index (χ4v) is 5.90. The van der Waals surface area contributed by atoms with Crippen LogP contribution in [0.2, 0.25) is 0 Å². The van der Waals surface area contributed by atoms with Crippen LogP contribution in [-0.4, -0.2) is 60.7 Å². The number of hydrogen-bond donors (Lipinski definition) is 4. The second-order valence-corrected chi connectivity index (χ2v) is 12.0. The highest BCUT2D eigenvalue weighted by Crippen LogP contribution is 2.24. The van der Waals surface area contributed by atoms with Crippen LogP contribution in [0.15, 0.2) is 36.2 Å². The zero-order chi connectivity index (χ0) is 25.1. The molecule has 0 radical (unpaired) electrons. The molecule has 0 aromatic heterocycles. The van der Waals surface area contributed by atoms with Crippen LogP contribution in [0, 0.1) is 11.8 Å². The molecule has 2 aliphatic heterocycles. The van der Waals surface area contributed by atoms with Crippen LogP contribution in [0.25, 0.3) is 0 Å². The lowest BCUT2D eigenvalue weighted by molar-refractivity contribution is -0.150. The third-order valence-corrected chi connectivity index (χ3v) is 8.41. The molecular weight excluding hydrogens is 468 g/mol. The fraction of sp³-hybridized carbons (Fsp3) is 0.680. The van der Waals surface area contributed by atoms with E-state index in [0.29, 0.717) is 42.6 Å². The minimum absolute atomic E-state index is 0.0192. The molecule has 2 heterocycles. The molecule has 0 spiro atoms. The molecule has 0 aromatic carbocycles. The van der Waals surface area contributed by atoms with E-state index in [1.807, 2.05) is 26.8 Å². The maximum Gasteiger partial charge on any atom is 0.329 e. The Kier molecular flexibility index (Phi) is 12.6. The van der Waals surface area contributed by atoms with E-state index in [1.54, 1.807) is 27.7 Å². The molecule has 4 unspecified atom stereocenters. The van der Waals surface area contributed by atoms with Gasteiger partial charge in [-0.3, -0.25) is 4.79 Å². The quantitative estimate of drug-likeness (QED) is 0.255. The van der Waals surface area contributed by atoms with Gasteiger partial charge in [-0.2, -0.15) is 0 Å². The summed E-state index contributed by atoms with van der Waals surface area (Å²) in [4.78, 5) is 26.5. The van der Waals surface area contributed by atoms with Crippen molar-refractivity contribution in [3.8, 4) is 0 Å². The number of fused-ring (bicyclic) bond motifs is 7. The van der Waals surface area contributed by atoms with Gasteiger partial charge >= 0.3 is 5.97 Å². The zero-order valence-electron chi connectivity index (χ0n) is 21.2. The Hall–Kier alpha value is -1.42. The average molecular weight is 511 g/mol. The second-order valence-electron chi connectivity index (χ2n) is 9.39. The molecular formula is C25H42N4O3S2. The predicted octanol–water partition coefficient (Wildman–Crippen LogP) is 3.36. The van der Waals surface area contributed by atoms with Crippen LogP contribution in [-0.2, 0) is 14.3 Å². The number of carbonyl (C=O) groups excluding carboxylic acids is 2. The van der Waals surface area contributed by atoms with E-state index < -0.39 is 6.04 Å². The minimum atomic E-state index is -0.574. The summed E-state index contributed by atoms with van der Waals surface area (Å²) in [6.07, 6.45) is 7.17. The standard InChI is InChI=1S/C25H42N4O3S2/c1-7-20-18(6)28-23(17(4)5)25(31)32-19-10-8-9-13-33-34-15-22(24(30)29-20)27-14-21(16(2)3)26-12-11-19/h7-8,10,16-17,19,21-23,26-28H,6,9,11-15H2,1-5H3,(H,29,30)/b10-8+,20-7-. The third kappa shape index (κ3) is 9.32. The van der Waals surface area contributed by atoms with E-state index in [-0.39, 0.29) is 36.0 Å². The molecule has 1 amide bonds. The number of amides is 1. The fourth-order valence-electron chi connectivity index (χ4n) is 3.71. The SMILES string of the molecule is C=C1NC(C(C)C)C(=O)OC2/C=C/CCSSCC(NCC(C(C)C)NCC2)C(=O)N/C1=C\C. The third-order valence-electron chi connectivity index (χ3n) is 5.97. The Bertz CT molecular complexity index is 754. The predicted molar refractivity (Wildman–Crippen MR) is 144 cm³/mol. The molecule has 2 rings (SSSR count). The van der Waals surface area contributed by atoms with E-state index >= 15 is 0 Å². The van der Waals surface area contributed by atoms with Gasteiger partial charge in [0.25, 0.3) is 0 Å². The number of allylic oxidation sites excluding steroid dienone is 2. The van der Waals surface area contributed by atoms with Gasteiger partial charge in [0.2, 0.25) is 5.91 Å². The number of esters is 1. The molecule has 0 saturated carbocycles. The Morgan fingerprint density at radius 1 is 1.15 bits per heavy atom. The van der Waals surface area contributed by atoms with Crippen molar-refractivity contribution in [2.75, 3.05) is 24.6 Å². The molecule has 192 valence electrons. The molecule has 0 aliphatic carbocycles. The van der Waals surface area contributed by atoms with Crippen molar-refractivity contribution in [2.24, 2.45) is 11.8 Å². The summed E-state index contributed by atoms with van der Waals surface area (Å²) in [7, 11) is 3.45. The van der Waals surface area contributed by atoms with Crippen LogP contribution in [0.1, 0.15) is 47.5 Å². The van der Waals surface area contributed by atoms with E-state index in [0.717, 1.165) is 12.2 Å². The first kappa shape index (κ1) is 28.8. The maximum absolute atomic E-state index is 13.3. The number of nitrogens with one attached hydrogen (secondary N) is 4. The average Bonchev–Trinajstić information content (AvgIpc) is 2.79. The van der Waals surface area contributed by atoms with Crippen LogP contribution in [0.3, 0.4) is 0 Å². The number of hydrogen-bond acceptors (Lipinski definition) is 8.